The summed E-state index contributed by atoms with van der Waals surface area (Å²) in [5, 5.41) is 3.88. The Morgan fingerprint density at radius 3 is 2.15 bits per heavy atom. The van der Waals surface area contributed by atoms with Crippen molar-refractivity contribution in [2.24, 2.45) is 0 Å². The van der Waals surface area contributed by atoms with E-state index < -0.39 is 28.5 Å². The number of anilines is 1. The molecule has 0 aliphatic rings. The van der Waals surface area contributed by atoms with Gasteiger partial charge in [0.15, 0.2) is 0 Å². The van der Waals surface area contributed by atoms with E-state index in [0.29, 0.717) is 38.4 Å². The molecule has 3 aromatic rings. The molecule has 0 unspecified atom stereocenters. The van der Waals surface area contributed by atoms with Gasteiger partial charge in [-0.2, -0.15) is 0 Å². The van der Waals surface area contributed by atoms with Crippen LogP contribution < -0.4 is 9.62 Å². The fourth-order valence-electron chi connectivity index (χ4n) is 4.19. The van der Waals surface area contributed by atoms with Gasteiger partial charge in [-0.05, 0) is 55.3 Å². The summed E-state index contributed by atoms with van der Waals surface area (Å²) in [6.07, 6.45) is 1.22. The summed E-state index contributed by atoms with van der Waals surface area (Å²) in [7, 11) is -3.90. The normalized spacial score (nSPS) is 12.1. The molecule has 0 aromatic heterocycles. The van der Waals surface area contributed by atoms with Crippen molar-refractivity contribution in [1.29, 1.82) is 0 Å². The Morgan fingerprint density at radius 2 is 1.59 bits per heavy atom. The second-order valence-corrected chi connectivity index (χ2v) is 12.2. The number of aryl methyl sites for hydroxylation is 1. The maximum absolute atomic E-state index is 14.0. The predicted molar refractivity (Wildman–Crippen MR) is 158 cm³/mol. The van der Waals surface area contributed by atoms with Crippen molar-refractivity contribution in [1.82, 2.24) is 10.2 Å². The highest BCUT2D eigenvalue weighted by atomic mass is 35.5. The molecular formula is C28H30Cl3N3O4S. The minimum atomic E-state index is -3.90. The van der Waals surface area contributed by atoms with E-state index in [0.717, 1.165) is 16.1 Å². The van der Waals surface area contributed by atoms with Gasteiger partial charge in [-0.3, -0.25) is 13.9 Å². The summed E-state index contributed by atoms with van der Waals surface area (Å²) in [6, 6.07) is 18.0. The van der Waals surface area contributed by atoms with Crippen molar-refractivity contribution in [3.8, 4) is 0 Å². The van der Waals surface area contributed by atoms with Crippen LogP contribution in [0.2, 0.25) is 15.1 Å². The molecule has 0 saturated heterocycles. The van der Waals surface area contributed by atoms with Crippen molar-refractivity contribution in [2.45, 2.75) is 32.9 Å². The van der Waals surface area contributed by atoms with E-state index in [1.807, 2.05) is 30.3 Å². The minimum Gasteiger partial charge on any atom is -0.355 e. The first-order valence-electron chi connectivity index (χ1n) is 12.2. The smallest absolute Gasteiger partial charge is 0.244 e. The SMILES string of the molecule is CCNC(=O)[C@H](Cc1ccccc1)N(Cc1c(Cl)cccc1Cl)C(=O)CN(c1ccc(Cl)cc1C)S(C)(=O)=O. The second kappa shape index (κ2) is 13.5. The van der Waals surface area contributed by atoms with Crippen LogP contribution in [-0.4, -0.2) is 50.5 Å². The molecule has 3 rings (SSSR count). The van der Waals surface area contributed by atoms with E-state index in [2.05, 4.69) is 5.32 Å². The maximum atomic E-state index is 14.0. The highest BCUT2D eigenvalue weighted by molar-refractivity contribution is 7.92. The molecule has 2 amide bonds. The average molecular weight is 611 g/mol. The molecule has 0 aliphatic heterocycles. The summed E-state index contributed by atoms with van der Waals surface area (Å²) in [5.74, 6) is -0.982. The van der Waals surface area contributed by atoms with Gasteiger partial charge in [-0.25, -0.2) is 8.42 Å². The Balaban J connectivity index is 2.10. The van der Waals surface area contributed by atoms with Gasteiger partial charge in [0.1, 0.15) is 12.6 Å². The zero-order valence-corrected chi connectivity index (χ0v) is 24.9. The topological polar surface area (TPSA) is 86.8 Å². The first kappa shape index (κ1) is 30.8. The van der Waals surface area contributed by atoms with Gasteiger partial charge in [0.05, 0.1) is 11.9 Å². The Kier molecular flexibility index (Phi) is 10.7. The lowest BCUT2D eigenvalue weighted by Gasteiger charge is -2.34. The van der Waals surface area contributed by atoms with Crippen LogP contribution in [-0.2, 0) is 32.6 Å². The van der Waals surface area contributed by atoms with Crippen LogP contribution >= 0.6 is 34.8 Å². The highest BCUT2D eigenvalue weighted by Gasteiger charge is 2.34. The van der Waals surface area contributed by atoms with E-state index >= 15 is 0 Å². The standard InChI is InChI=1S/C28H30Cl3N3O4S/c1-4-32-28(36)26(16-20-9-6-5-7-10-20)33(17-22-23(30)11-8-12-24(22)31)27(35)18-34(39(3,37)38)25-14-13-21(29)15-19(25)2/h5-15,26H,4,16-18H2,1-3H3,(H,32,36)/t26-/m0/s1. The third-order valence-corrected chi connectivity index (χ3v) is 8.19. The molecule has 0 bridgehead atoms. The van der Waals surface area contributed by atoms with Crippen molar-refractivity contribution in [3.63, 3.8) is 0 Å². The van der Waals surface area contributed by atoms with E-state index in [4.69, 9.17) is 34.8 Å². The van der Waals surface area contributed by atoms with E-state index in [1.54, 1.807) is 50.2 Å². The number of carbonyl (C=O) groups excluding carboxylic acids is 2. The third-order valence-electron chi connectivity index (χ3n) is 6.12. The molecule has 0 heterocycles. The number of amides is 2. The number of likely N-dealkylation sites (N-methyl/N-ethyl adjacent to an activating group) is 1. The van der Waals surface area contributed by atoms with Crippen LogP contribution in [0.3, 0.4) is 0 Å². The van der Waals surface area contributed by atoms with Crippen LogP contribution in [0.15, 0.2) is 66.7 Å². The Labute approximate surface area is 244 Å². The number of halogens is 3. The quantitative estimate of drug-likeness (QED) is 0.311. The number of hydrogen-bond donors (Lipinski definition) is 1. The predicted octanol–water partition coefficient (Wildman–Crippen LogP) is 5.50. The average Bonchev–Trinajstić information content (AvgIpc) is 2.86. The molecule has 3 aromatic carbocycles. The second-order valence-electron chi connectivity index (χ2n) is 9.02. The van der Waals surface area contributed by atoms with Crippen LogP contribution in [0, 0.1) is 6.92 Å². The Hall–Kier alpha value is -2.78. The maximum Gasteiger partial charge on any atom is 0.244 e. The number of carbonyl (C=O) groups is 2. The first-order valence-corrected chi connectivity index (χ1v) is 15.2. The number of hydrogen-bond acceptors (Lipinski definition) is 4. The summed E-state index contributed by atoms with van der Waals surface area (Å²) in [5.41, 5.74) is 2.16. The van der Waals surface area contributed by atoms with Gasteiger partial charge >= 0.3 is 0 Å². The molecule has 39 heavy (non-hydrogen) atoms. The molecule has 0 aliphatic carbocycles. The molecule has 0 radical (unpaired) electrons. The minimum absolute atomic E-state index is 0.108. The van der Waals surface area contributed by atoms with E-state index in [1.165, 1.54) is 4.90 Å². The van der Waals surface area contributed by atoms with Gasteiger partial charge in [0.25, 0.3) is 0 Å². The molecule has 1 N–H and O–H groups in total. The van der Waals surface area contributed by atoms with Crippen LogP contribution in [0.4, 0.5) is 5.69 Å². The van der Waals surface area contributed by atoms with Crippen molar-refractivity contribution in [3.05, 3.63) is 98.5 Å². The van der Waals surface area contributed by atoms with Gasteiger partial charge in [-0.15, -0.1) is 0 Å². The van der Waals surface area contributed by atoms with E-state index in [-0.39, 0.29) is 18.9 Å². The third kappa shape index (κ3) is 8.11. The number of benzene rings is 3. The van der Waals surface area contributed by atoms with Crippen LogP contribution in [0.25, 0.3) is 0 Å². The summed E-state index contributed by atoms with van der Waals surface area (Å²) in [6.45, 7) is 3.18. The molecule has 208 valence electrons. The zero-order valence-electron chi connectivity index (χ0n) is 21.8. The van der Waals surface area contributed by atoms with Crippen molar-refractivity contribution < 1.29 is 18.0 Å². The molecule has 0 fully saturated rings. The largest absolute Gasteiger partial charge is 0.355 e. The molecule has 0 saturated carbocycles. The van der Waals surface area contributed by atoms with Gasteiger partial charge < -0.3 is 10.2 Å². The fourth-order valence-corrected chi connectivity index (χ4v) is 5.84. The van der Waals surface area contributed by atoms with Gasteiger partial charge in [0.2, 0.25) is 21.8 Å². The lowest BCUT2D eigenvalue weighted by molar-refractivity contribution is -0.140. The van der Waals surface area contributed by atoms with Crippen molar-refractivity contribution >= 4 is 62.3 Å². The highest BCUT2D eigenvalue weighted by Crippen LogP contribution is 2.29. The molecule has 11 heteroatoms. The molecule has 7 nitrogen and oxygen atoms in total. The van der Waals surface area contributed by atoms with Gasteiger partial charge in [-0.1, -0.05) is 71.2 Å². The molecule has 0 spiro atoms. The Bertz CT molecular complexity index is 1410. The Morgan fingerprint density at radius 1 is 0.949 bits per heavy atom. The lowest BCUT2D eigenvalue weighted by atomic mass is 10.0. The lowest BCUT2D eigenvalue weighted by Crippen LogP contribution is -2.53. The van der Waals surface area contributed by atoms with Crippen LogP contribution in [0.1, 0.15) is 23.6 Å². The summed E-state index contributed by atoms with van der Waals surface area (Å²) >= 11 is 19.0. The summed E-state index contributed by atoms with van der Waals surface area (Å²) in [4.78, 5) is 28.8. The van der Waals surface area contributed by atoms with Crippen molar-refractivity contribution in [2.75, 3.05) is 23.7 Å². The van der Waals surface area contributed by atoms with Crippen LogP contribution in [0.5, 0.6) is 0 Å². The molecular weight excluding hydrogens is 581 g/mol. The monoisotopic (exact) mass is 609 g/mol. The number of nitrogens with zero attached hydrogens (tertiary/aromatic N) is 2. The molecule has 1 atom stereocenters. The van der Waals surface area contributed by atoms with Gasteiger partial charge in [0, 0.05) is 40.1 Å². The zero-order chi connectivity index (χ0) is 28.7. The number of sulfonamides is 1. The number of nitrogens with one attached hydrogen (secondary N) is 1. The fraction of sp³-hybridized carbons (Fsp3) is 0.286. The number of rotatable bonds is 11. The van der Waals surface area contributed by atoms with E-state index in [9.17, 15) is 18.0 Å². The summed E-state index contributed by atoms with van der Waals surface area (Å²) < 4.78 is 26.8. The first-order chi connectivity index (χ1) is 18.4.